The molecule has 0 radical (unpaired) electrons. The zero-order chi connectivity index (χ0) is 22.5. The fraction of sp³-hybridized carbons (Fsp3) is 0.296. The second kappa shape index (κ2) is 9.86. The summed E-state index contributed by atoms with van der Waals surface area (Å²) >= 11 is 0. The van der Waals surface area contributed by atoms with E-state index in [-0.39, 0.29) is 5.91 Å². The van der Waals surface area contributed by atoms with Crippen LogP contribution in [0, 0.1) is 0 Å². The van der Waals surface area contributed by atoms with Crippen molar-refractivity contribution in [2.45, 2.75) is 38.6 Å². The molecule has 6 heteroatoms. The van der Waals surface area contributed by atoms with Crippen molar-refractivity contribution in [3.05, 3.63) is 84.3 Å². The van der Waals surface area contributed by atoms with Gasteiger partial charge in [-0.2, -0.15) is 0 Å². The monoisotopic (exact) mass is 439 g/mol. The van der Waals surface area contributed by atoms with E-state index in [0.29, 0.717) is 19.4 Å². The molecule has 0 spiro atoms. The van der Waals surface area contributed by atoms with E-state index in [9.17, 15) is 4.79 Å². The van der Waals surface area contributed by atoms with Gasteiger partial charge in [0.05, 0.1) is 11.0 Å². The van der Waals surface area contributed by atoms with Crippen LogP contribution in [-0.2, 0) is 17.8 Å². The number of imidazole rings is 1. The van der Waals surface area contributed by atoms with E-state index in [1.807, 2.05) is 48.7 Å². The van der Waals surface area contributed by atoms with Crippen LogP contribution in [0.3, 0.4) is 0 Å². The third kappa shape index (κ3) is 4.75. The average molecular weight is 440 g/mol. The van der Waals surface area contributed by atoms with E-state index in [0.717, 1.165) is 47.0 Å². The molecule has 168 valence electrons. The molecule has 1 aliphatic heterocycles. The molecule has 1 fully saturated rings. The Bertz CT molecular complexity index is 1230. The van der Waals surface area contributed by atoms with Crippen LogP contribution in [-0.4, -0.2) is 33.5 Å². The topological polar surface area (TPSA) is 63.1 Å². The third-order valence-corrected chi connectivity index (χ3v) is 6.22. The van der Waals surface area contributed by atoms with Gasteiger partial charge in [-0.3, -0.25) is 9.36 Å². The number of aromatic nitrogens is 3. The van der Waals surface area contributed by atoms with Gasteiger partial charge in [-0.05, 0) is 49.6 Å². The maximum atomic E-state index is 12.8. The Morgan fingerprint density at radius 2 is 1.70 bits per heavy atom. The van der Waals surface area contributed by atoms with Gasteiger partial charge in [-0.25, -0.2) is 9.97 Å². The molecule has 5 rings (SSSR count). The molecule has 1 amide bonds. The minimum absolute atomic E-state index is 0.0233. The predicted octanol–water partition coefficient (Wildman–Crippen LogP) is 4.66. The first-order valence-electron chi connectivity index (χ1n) is 11.8. The molecule has 0 saturated carbocycles. The van der Waals surface area contributed by atoms with Crippen LogP contribution in [0.2, 0.25) is 0 Å². The maximum absolute atomic E-state index is 12.8. The van der Waals surface area contributed by atoms with Crippen molar-refractivity contribution >= 4 is 22.8 Å². The summed E-state index contributed by atoms with van der Waals surface area (Å²) in [5.74, 6) is 1.92. The quantitative estimate of drug-likeness (QED) is 0.455. The van der Waals surface area contributed by atoms with E-state index in [4.69, 9.17) is 4.98 Å². The van der Waals surface area contributed by atoms with Crippen molar-refractivity contribution in [3.8, 4) is 5.69 Å². The molecule has 0 atom stereocenters. The van der Waals surface area contributed by atoms with Crippen molar-refractivity contribution in [3.63, 3.8) is 0 Å². The highest BCUT2D eigenvalue weighted by atomic mass is 16.1. The van der Waals surface area contributed by atoms with Gasteiger partial charge in [0.1, 0.15) is 11.6 Å². The number of hydrogen-bond donors (Lipinski definition) is 1. The number of piperidine rings is 1. The van der Waals surface area contributed by atoms with Gasteiger partial charge >= 0.3 is 0 Å². The number of rotatable bonds is 7. The summed E-state index contributed by atoms with van der Waals surface area (Å²) in [7, 11) is 0. The number of para-hydroxylation sites is 3. The number of anilines is 1. The summed E-state index contributed by atoms with van der Waals surface area (Å²) in [6.45, 7) is 2.56. The number of pyridine rings is 1. The Morgan fingerprint density at radius 1 is 0.909 bits per heavy atom. The first-order valence-corrected chi connectivity index (χ1v) is 11.8. The van der Waals surface area contributed by atoms with Crippen LogP contribution in [0.25, 0.3) is 16.7 Å². The number of carbonyl (C=O) groups excluding carboxylic acids is 1. The lowest BCUT2D eigenvalue weighted by Gasteiger charge is -2.29. The van der Waals surface area contributed by atoms with Crippen molar-refractivity contribution in [2.24, 2.45) is 0 Å². The van der Waals surface area contributed by atoms with Crippen molar-refractivity contribution in [1.29, 1.82) is 0 Å². The molecule has 4 aromatic rings. The number of nitrogens with one attached hydrogen (secondary N) is 1. The fourth-order valence-corrected chi connectivity index (χ4v) is 4.57. The Kier molecular flexibility index (Phi) is 6.33. The fourth-order valence-electron chi connectivity index (χ4n) is 4.57. The van der Waals surface area contributed by atoms with Gasteiger partial charge in [-0.15, -0.1) is 0 Å². The summed E-state index contributed by atoms with van der Waals surface area (Å²) in [6.07, 6.45) is 6.47. The van der Waals surface area contributed by atoms with Gasteiger partial charge < -0.3 is 10.2 Å². The summed E-state index contributed by atoms with van der Waals surface area (Å²) in [5, 5.41) is 3.10. The largest absolute Gasteiger partial charge is 0.356 e. The first kappa shape index (κ1) is 21.2. The number of amides is 1. The average Bonchev–Trinajstić information content (AvgIpc) is 3.26. The molecular weight excluding hydrogens is 410 g/mol. The van der Waals surface area contributed by atoms with Gasteiger partial charge in [0.2, 0.25) is 5.91 Å². The molecule has 1 saturated heterocycles. The summed E-state index contributed by atoms with van der Waals surface area (Å²) < 4.78 is 2.15. The third-order valence-electron chi connectivity index (χ3n) is 6.22. The standard InChI is InChI=1S/C27H29N5O/c33-26(29-20-21-10-9-17-28-27(21)31-18-7-2-8-19-31)16-15-25-30-23-13-5-6-14-24(23)32(25)22-11-3-1-4-12-22/h1,3-6,9-14,17H,2,7-8,15-16,18-20H2,(H,29,33). The first-order chi connectivity index (χ1) is 16.3. The van der Waals surface area contributed by atoms with Gasteiger partial charge in [-0.1, -0.05) is 36.4 Å². The Labute approximate surface area is 194 Å². The van der Waals surface area contributed by atoms with Crippen molar-refractivity contribution in [2.75, 3.05) is 18.0 Å². The molecule has 0 bridgehead atoms. The maximum Gasteiger partial charge on any atom is 0.220 e. The van der Waals surface area contributed by atoms with Crippen LogP contribution in [0.15, 0.2) is 72.9 Å². The van der Waals surface area contributed by atoms with Crippen LogP contribution in [0.4, 0.5) is 5.82 Å². The van der Waals surface area contributed by atoms with Crippen LogP contribution < -0.4 is 10.2 Å². The smallest absolute Gasteiger partial charge is 0.220 e. The van der Waals surface area contributed by atoms with Crippen molar-refractivity contribution in [1.82, 2.24) is 19.9 Å². The van der Waals surface area contributed by atoms with E-state index < -0.39 is 0 Å². The molecule has 0 aliphatic carbocycles. The molecule has 1 N–H and O–H groups in total. The van der Waals surface area contributed by atoms with Crippen molar-refractivity contribution < 1.29 is 4.79 Å². The minimum atomic E-state index is 0.0233. The summed E-state index contributed by atoms with van der Waals surface area (Å²) in [5.41, 5.74) is 4.13. The molecule has 33 heavy (non-hydrogen) atoms. The van der Waals surface area contributed by atoms with Gasteiger partial charge in [0.25, 0.3) is 0 Å². The second-order valence-corrected chi connectivity index (χ2v) is 8.50. The lowest BCUT2D eigenvalue weighted by Crippen LogP contribution is -2.32. The Hall–Kier alpha value is -3.67. The normalized spacial score (nSPS) is 13.9. The Morgan fingerprint density at radius 3 is 2.55 bits per heavy atom. The van der Waals surface area contributed by atoms with Gasteiger partial charge in [0, 0.05) is 49.9 Å². The zero-order valence-electron chi connectivity index (χ0n) is 18.8. The van der Waals surface area contributed by atoms with E-state index in [2.05, 4.69) is 44.0 Å². The molecule has 2 aromatic carbocycles. The summed E-state index contributed by atoms with van der Waals surface area (Å²) in [6, 6.07) is 22.3. The molecule has 1 aliphatic rings. The van der Waals surface area contributed by atoms with Crippen LogP contribution in [0.5, 0.6) is 0 Å². The van der Waals surface area contributed by atoms with Crippen LogP contribution in [0.1, 0.15) is 37.1 Å². The summed E-state index contributed by atoms with van der Waals surface area (Å²) in [4.78, 5) is 24.5. The lowest BCUT2D eigenvalue weighted by atomic mass is 10.1. The highest BCUT2D eigenvalue weighted by Crippen LogP contribution is 2.23. The van der Waals surface area contributed by atoms with E-state index in [1.54, 1.807) is 0 Å². The molecule has 0 unspecified atom stereocenters. The molecular formula is C27H29N5O. The number of benzene rings is 2. The lowest BCUT2D eigenvalue weighted by molar-refractivity contribution is -0.121. The van der Waals surface area contributed by atoms with E-state index in [1.165, 1.54) is 19.3 Å². The van der Waals surface area contributed by atoms with Gasteiger partial charge in [0.15, 0.2) is 0 Å². The number of carbonyl (C=O) groups is 1. The highest BCUT2D eigenvalue weighted by Gasteiger charge is 2.17. The van der Waals surface area contributed by atoms with Crippen LogP contribution >= 0.6 is 0 Å². The highest BCUT2D eigenvalue weighted by molar-refractivity contribution is 5.79. The Balaban J connectivity index is 1.27. The molecule has 2 aromatic heterocycles. The predicted molar refractivity (Wildman–Crippen MR) is 132 cm³/mol. The number of nitrogens with zero attached hydrogens (tertiary/aromatic N) is 4. The van der Waals surface area contributed by atoms with E-state index >= 15 is 0 Å². The molecule has 3 heterocycles. The number of fused-ring (bicyclic) bond motifs is 1. The second-order valence-electron chi connectivity index (χ2n) is 8.50. The zero-order valence-corrected chi connectivity index (χ0v) is 18.8. The number of hydrogen-bond acceptors (Lipinski definition) is 4. The minimum Gasteiger partial charge on any atom is -0.356 e. The molecule has 6 nitrogen and oxygen atoms in total. The SMILES string of the molecule is O=C(CCc1nc2ccccc2n1-c1ccccc1)NCc1cccnc1N1CCCCC1. The number of aryl methyl sites for hydroxylation is 1.